The Hall–Kier alpha value is -1.40. The number of carboxylic acid groups (broad SMARTS) is 1. The number of rotatable bonds is 4. The summed E-state index contributed by atoms with van der Waals surface area (Å²) in [5.74, 6) is -1.57. The van der Waals surface area contributed by atoms with Crippen molar-refractivity contribution in [1.29, 1.82) is 0 Å². The first-order valence-electron chi connectivity index (χ1n) is 6.64. The van der Waals surface area contributed by atoms with Gasteiger partial charge in [-0.05, 0) is 25.3 Å². The largest absolute Gasteiger partial charge is 0.481 e. The molecule has 5 nitrogen and oxygen atoms in total. The first-order chi connectivity index (χ1) is 9.38. The van der Waals surface area contributed by atoms with Gasteiger partial charge in [-0.15, -0.1) is 0 Å². The molecule has 0 spiro atoms. The average Bonchev–Trinajstić information content (AvgIpc) is 2.38. The van der Waals surface area contributed by atoms with E-state index in [1.165, 1.54) is 4.31 Å². The van der Waals surface area contributed by atoms with Crippen molar-refractivity contribution in [2.24, 2.45) is 5.92 Å². The summed E-state index contributed by atoms with van der Waals surface area (Å²) in [7, 11) is -3.45. The van der Waals surface area contributed by atoms with Crippen LogP contribution in [-0.2, 0) is 20.6 Å². The highest BCUT2D eigenvalue weighted by Gasteiger charge is 2.32. The highest BCUT2D eigenvalue weighted by molar-refractivity contribution is 7.88. The molecule has 1 aliphatic rings. The van der Waals surface area contributed by atoms with Gasteiger partial charge >= 0.3 is 5.97 Å². The molecular weight excluding hydrogens is 278 g/mol. The van der Waals surface area contributed by atoms with E-state index in [1.807, 2.05) is 25.1 Å². The minimum atomic E-state index is -3.45. The number of hydrogen-bond acceptors (Lipinski definition) is 3. The molecule has 0 aromatic heterocycles. The Morgan fingerprint density at radius 1 is 1.45 bits per heavy atom. The maximum absolute atomic E-state index is 12.4. The molecule has 6 heteroatoms. The third-order valence-corrected chi connectivity index (χ3v) is 5.37. The van der Waals surface area contributed by atoms with Gasteiger partial charge in [0.25, 0.3) is 0 Å². The maximum atomic E-state index is 12.4. The summed E-state index contributed by atoms with van der Waals surface area (Å²) in [6.07, 6.45) is 1.15. The van der Waals surface area contributed by atoms with Crippen molar-refractivity contribution in [1.82, 2.24) is 4.31 Å². The Bertz CT molecular complexity index is 597. The van der Waals surface area contributed by atoms with Gasteiger partial charge in [0.05, 0.1) is 11.7 Å². The molecule has 1 fully saturated rings. The van der Waals surface area contributed by atoms with Crippen molar-refractivity contribution in [3.8, 4) is 0 Å². The van der Waals surface area contributed by atoms with E-state index in [9.17, 15) is 13.2 Å². The van der Waals surface area contributed by atoms with Gasteiger partial charge in [-0.3, -0.25) is 4.79 Å². The summed E-state index contributed by atoms with van der Waals surface area (Å²) < 4.78 is 26.1. The first kappa shape index (κ1) is 15.0. The van der Waals surface area contributed by atoms with Crippen molar-refractivity contribution in [3.63, 3.8) is 0 Å². The van der Waals surface area contributed by atoms with Gasteiger partial charge in [0.2, 0.25) is 10.0 Å². The number of hydrogen-bond donors (Lipinski definition) is 1. The van der Waals surface area contributed by atoms with Gasteiger partial charge in [0.15, 0.2) is 0 Å². The van der Waals surface area contributed by atoms with E-state index in [0.29, 0.717) is 19.4 Å². The van der Waals surface area contributed by atoms with Crippen LogP contribution in [0.2, 0.25) is 0 Å². The molecular formula is C14H19NO4S. The second kappa shape index (κ2) is 5.93. The Kier molecular flexibility index (Phi) is 4.45. The zero-order valence-electron chi connectivity index (χ0n) is 11.4. The van der Waals surface area contributed by atoms with Crippen LogP contribution in [-0.4, -0.2) is 36.9 Å². The predicted molar refractivity (Wildman–Crippen MR) is 75.7 cm³/mol. The van der Waals surface area contributed by atoms with Crippen LogP contribution in [0, 0.1) is 12.8 Å². The summed E-state index contributed by atoms with van der Waals surface area (Å²) in [6.45, 7) is 2.42. The monoisotopic (exact) mass is 297 g/mol. The van der Waals surface area contributed by atoms with Gasteiger partial charge in [0, 0.05) is 13.1 Å². The summed E-state index contributed by atoms with van der Waals surface area (Å²) in [4.78, 5) is 11.0. The van der Waals surface area contributed by atoms with Crippen molar-refractivity contribution in [2.75, 3.05) is 13.1 Å². The third-order valence-electron chi connectivity index (χ3n) is 3.56. The summed E-state index contributed by atoms with van der Waals surface area (Å²) in [6, 6.07) is 7.37. The van der Waals surface area contributed by atoms with Crippen LogP contribution in [0.1, 0.15) is 24.0 Å². The number of sulfonamides is 1. The second-order valence-corrected chi connectivity index (χ2v) is 7.25. The molecule has 0 aliphatic carbocycles. The van der Waals surface area contributed by atoms with Crippen LogP contribution in [0.3, 0.4) is 0 Å². The molecule has 1 saturated heterocycles. The number of piperidine rings is 1. The lowest BCUT2D eigenvalue weighted by atomic mass is 10.0. The van der Waals surface area contributed by atoms with Crippen LogP contribution in [0.4, 0.5) is 0 Å². The molecule has 0 radical (unpaired) electrons. The smallest absolute Gasteiger partial charge is 0.307 e. The molecule has 1 aromatic rings. The summed E-state index contributed by atoms with van der Waals surface area (Å²) >= 11 is 0. The molecule has 20 heavy (non-hydrogen) atoms. The topological polar surface area (TPSA) is 74.7 Å². The molecule has 1 unspecified atom stereocenters. The Morgan fingerprint density at radius 3 is 2.85 bits per heavy atom. The summed E-state index contributed by atoms with van der Waals surface area (Å²) in [5, 5.41) is 9.03. The minimum Gasteiger partial charge on any atom is -0.481 e. The molecule has 1 aliphatic heterocycles. The maximum Gasteiger partial charge on any atom is 0.307 e. The average molecular weight is 297 g/mol. The number of carboxylic acids is 1. The molecule has 1 atom stereocenters. The SMILES string of the molecule is Cc1cccc(CS(=O)(=O)N2CCCC(C(=O)O)C2)c1. The normalized spacial score (nSPS) is 20.8. The lowest BCUT2D eigenvalue weighted by Crippen LogP contribution is -2.42. The van der Waals surface area contributed by atoms with Crippen LogP contribution < -0.4 is 0 Å². The number of aryl methyl sites for hydroxylation is 1. The van der Waals surface area contributed by atoms with Gasteiger partial charge < -0.3 is 5.11 Å². The number of aliphatic carboxylic acids is 1. The lowest BCUT2D eigenvalue weighted by Gasteiger charge is -2.29. The van der Waals surface area contributed by atoms with E-state index in [-0.39, 0.29) is 12.3 Å². The fraction of sp³-hybridized carbons (Fsp3) is 0.500. The van der Waals surface area contributed by atoms with E-state index >= 15 is 0 Å². The molecule has 1 aromatic carbocycles. The Morgan fingerprint density at radius 2 is 2.20 bits per heavy atom. The van der Waals surface area contributed by atoms with Gasteiger partial charge in [-0.1, -0.05) is 29.8 Å². The third kappa shape index (κ3) is 3.58. The lowest BCUT2D eigenvalue weighted by molar-refractivity contribution is -0.142. The van der Waals surface area contributed by atoms with Crippen LogP contribution in [0.15, 0.2) is 24.3 Å². The van der Waals surface area contributed by atoms with Crippen LogP contribution >= 0.6 is 0 Å². The number of nitrogens with zero attached hydrogens (tertiary/aromatic N) is 1. The minimum absolute atomic E-state index is 0.0684. The molecule has 110 valence electrons. The van der Waals surface area contributed by atoms with Crippen LogP contribution in [0.25, 0.3) is 0 Å². The number of benzene rings is 1. The zero-order valence-corrected chi connectivity index (χ0v) is 12.3. The van der Waals surface area contributed by atoms with Crippen molar-refractivity contribution in [3.05, 3.63) is 35.4 Å². The highest BCUT2D eigenvalue weighted by atomic mass is 32.2. The molecule has 0 bridgehead atoms. The van der Waals surface area contributed by atoms with E-state index < -0.39 is 21.9 Å². The Balaban J connectivity index is 2.12. The van der Waals surface area contributed by atoms with Crippen molar-refractivity contribution < 1.29 is 18.3 Å². The first-order valence-corrected chi connectivity index (χ1v) is 8.25. The zero-order chi connectivity index (χ0) is 14.8. The van der Waals surface area contributed by atoms with Crippen molar-refractivity contribution in [2.45, 2.75) is 25.5 Å². The van der Waals surface area contributed by atoms with E-state index in [1.54, 1.807) is 6.07 Å². The highest BCUT2D eigenvalue weighted by Crippen LogP contribution is 2.21. The van der Waals surface area contributed by atoms with Gasteiger partial charge in [0.1, 0.15) is 0 Å². The Labute approximate surface area is 119 Å². The number of carbonyl (C=O) groups is 1. The fourth-order valence-corrected chi connectivity index (χ4v) is 4.10. The quantitative estimate of drug-likeness (QED) is 0.916. The molecule has 1 N–H and O–H groups in total. The van der Waals surface area contributed by atoms with E-state index in [0.717, 1.165) is 11.1 Å². The predicted octanol–water partition coefficient (Wildman–Crippen LogP) is 1.62. The van der Waals surface area contributed by atoms with Crippen molar-refractivity contribution >= 4 is 16.0 Å². The standard InChI is InChI=1S/C14H19NO4S/c1-11-4-2-5-12(8-11)10-20(18,19)15-7-3-6-13(9-15)14(16)17/h2,4-5,8,13H,3,6-7,9-10H2,1H3,(H,16,17). The summed E-state index contributed by atoms with van der Waals surface area (Å²) in [5.41, 5.74) is 1.75. The van der Waals surface area contributed by atoms with E-state index in [4.69, 9.17) is 5.11 Å². The van der Waals surface area contributed by atoms with E-state index in [2.05, 4.69) is 0 Å². The molecule has 0 saturated carbocycles. The molecule has 2 rings (SSSR count). The molecule has 1 heterocycles. The fourth-order valence-electron chi connectivity index (χ4n) is 2.50. The van der Waals surface area contributed by atoms with Gasteiger partial charge in [-0.25, -0.2) is 12.7 Å². The molecule has 0 amide bonds. The van der Waals surface area contributed by atoms with Crippen LogP contribution in [0.5, 0.6) is 0 Å². The van der Waals surface area contributed by atoms with Gasteiger partial charge in [-0.2, -0.15) is 0 Å². The second-order valence-electron chi connectivity index (χ2n) is 5.28.